The number of rotatable bonds is 0. The van der Waals surface area contributed by atoms with Gasteiger partial charge in [-0.1, -0.05) is 34.8 Å². The minimum Gasteiger partial charge on any atom is -0.206 e. The van der Waals surface area contributed by atoms with Gasteiger partial charge < -0.3 is 0 Å². The largest absolute Gasteiger partial charge is 0.216 e. The Labute approximate surface area is 104 Å². The van der Waals surface area contributed by atoms with Crippen LogP contribution in [0.15, 0.2) is 0 Å². The maximum Gasteiger partial charge on any atom is 0.216 e. The Morgan fingerprint density at radius 2 is 1.13 bits per heavy atom. The van der Waals surface area contributed by atoms with Crippen LogP contribution in [-0.4, -0.2) is 0 Å². The number of benzene rings is 1. The molecule has 0 aliphatic carbocycles. The van der Waals surface area contributed by atoms with Crippen molar-refractivity contribution in [3.05, 3.63) is 33.6 Å². The van der Waals surface area contributed by atoms with E-state index in [1.165, 1.54) is 0 Å². The van der Waals surface area contributed by atoms with Gasteiger partial charge in [0.15, 0.2) is 0 Å². The van der Waals surface area contributed by atoms with E-state index >= 15 is 0 Å². The van der Waals surface area contributed by atoms with E-state index in [1.54, 1.807) is 27.7 Å². The fraction of sp³-hybridized carbons (Fsp3) is 0.455. The van der Waals surface area contributed by atoms with Gasteiger partial charge in [-0.05, 0) is 49.9 Å². The first-order chi connectivity index (χ1) is 6.68. The molecule has 0 saturated heterocycles. The highest BCUT2D eigenvalue weighted by Crippen LogP contribution is 2.43. The van der Waals surface area contributed by atoms with Gasteiger partial charge in [0, 0.05) is 5.56 Å². The van der Waals surface area contributed by atoms with E-state index in [0.29, 0.717) is 27.8 Å². The lowest BCUT2D eigenvalue weighted by molar-refractivity contribution is 0.604. The molecule has 0 amide bonds. The molecule has 1 aromatic rings. The lowest BCUT2D eigenvalue weighted by Crippen LogP contribution is -2.11. The average molecular weight is 270 g/mol. The van der Waals surface area contributed by atoms with Crippen molar-refractivity contribution in [2.24, 2.45) is 0 Å². The van der Waals surface area contributed by atoms with E-state index in [1.807, 2.05) is 0 Å². The SMILES string of the molecule is Cc1c(C)c(C(Cl)(Cl)Cl)c(C)c(C)c1F. The van der Waals surface area contributed by atoms with Gasteiger partial charge in [-0.25, -0.2) is 4.39 Å². The van der Waals surface area contributed by atoms with Crippen molar-refractivity contribution in [2.75, 3.05) is 0 Å². The highest BCUT2D eigenvalue weighted by atomic mass is 35.6. The molecule has 84 valence electrons. The van der Waals surface area contributed by atoms with E-state index in [9.17, 15) is 4.39 Å². The second-order valence-electron chi connectivity index (χ2n) is 3.69. The van der Waals surface area contributed by atoms with E-state index in [0.717, 1.165) is 0 Å². The molecular weight excluding hydrogens is 257 g/mol. The molecule has 1 rings (SSSR count). The van der Waals surface area contributed by atoms with Crippen LogP contribution in [0.4, 0.5) is 4.39 Å². The minimum atomic E-state index is -1.50. The van der Waals surface area contributed by atoms with Crippen LogP contribution in [0.25, 0.3) is 0 Å². The molecule has 0 aliphatic heterocycles. The summed E-state index contributed by atoms with van der Waals surface area (Å²) in [7, 11) is 0. The van der Waals surface area contributed by atoms with Crippen LogP contribution >= 0.6 is 34.8 Å². The second-order valence-corrected chi connectivity index (χ2v) is 5.97. The second kappa shape index (κ2) is 4.12. The Morgan fingerprint density at radius 3 is 1.40 bits per heavy atom. The van der Waals surface area contributed by atoms with Crippen LogP contribution < -0.4 is 0 Å². The summed E-state index contributed by atoms with van der Waals surface area (Å²) in [4.78, 5) is 0. The van der Waals surface area contributed by atoms with Gasteiger partial charge in [0.05, 0.1) is 0 Å². The first-order valence-corrected chi connectivity index (χ1v) is 5.64. The van der Waals surface area contributed by atoms with Crippen molar-refractivity contribution < 1.29 is 4.39 Å². The topological polar surface area (TPSA) is 0 Å². The van der Waals surface area contributed by atoms with Gasteiger partial charge >= 0.3 is 0 Å². The molecule has 0 aliphatic rings. The molecule has 0 fully saturated rings. The molecule has 0 bridgehead atoms. The molecule has 0 unspecified atom stereocenters. The zero-order valence-corrected chi connectivity index (χ0v) is 11.3. The molecule has 0 spiro atoms. The molecular formula is C11H12Cl3F. The standard InChI is InChI=1S/C11H12Cl3F/c1-5-7(3)10(15)8(4)6(2)9(5)11(12,13)14/h1-4H3. The van der Waals surface area contributed by atoms with Crippen LogP contribution in [-0.2, 0) is 3.79 Å². The predicted octanol–water partition coefficient (Wildman–Crippen LogP) is 4.89. The fourth-order valence-electron chi connectivity index (χ4n) is 1.69. The Morgan fingerprint density at radius 1 is 0.800 bits per heavy atom. The number of alkyl halides is 3. The predicted molar refractivity (Wildman–Crippen MR) is 64.6 cm³/mol. The van der Waals surface area contributed by atoms with Crippen molar-refractivity contribution >= 4 is 34.8 Å². The van der Waals surface area contributed by atoms with Crippen LogP contribution in [0, 0.1) is 33.5 Å². The maximum atomic E-state index is 13.7. The van der Waals surface area contributed by atoms with E-state index in [4.69, 9.17) is 34.8 Å². The van der Waals surface area contributed by atoms with Gasteiger partial charge in [0.2, 0.25) is 3.79 Å². The van der Waals surface area contributed by atoms with E-state index in [2.05, 4.69) is 0 Å². The summed E-state index contributed by atoms with van der Waals surface area (Å²) >= 11 is 17.6. The molecule has 0 radical (unpaired) electrons. The number of hydrogen-bond donors (Lipinski definition) is 0. The Hall–Kier alpha value is 0.0200. The molecule has 1 aromatic carbocycles. The monoisotopic (exact) mass is 268 g/mol. The van der Waals surface area contributed by atoms with Crippen molar-refractivity contribution in [3.8, 4) is 0 Å². The Balaban J connectivity index is 3.68. The molecule has 0 aromatic heterocycles. The quantitative estimate of drug-likeness (QED) is 0.589. The summed E-state index contributed by atoms with van der Waals surface area (Å²) in [6.45, 7) is 6.91. The van der Waals surface area contributed by atoms with Gasteiger partial charge in [0.1, 0.15) is 5.82 Å². The zero-order valence-electron chi connectivity index (χ0n) is 9.01. The van der Waals surface area contributed by atoms with Crippen LogP contribution in [0.2, 0.25) is 0 Å². The summed E-state index contributed by atoms with van der Waals surface area (Å²) in [5, 5.41) is 0. The Bertz CT molecular complexity index is 376. The van der Waals surface area contributed by atoms with Crippen LogP contribution in [0.1, 0.15) is 27.8 Å². The van der Waals surface area contributed by atoms with Crippen molar-refractivity contribution in [2.45, 2.75) is 31.5 Å². The van der Waals surface area contributed by atoms with E-state index in [-0.39, 0.29) is 5.82 Å². The summed E-state index contributed by atoms with van der Waals surface area (Å²) in [6, 6.07) is 0. The maximum absolute atomic E-state index is 13.7. The van der Waals surface area contributed by atoms with Gasteiger partial charge in [-0.3, -0.25) is 0 Å². The third-order valence-electron chi connectivity index (χ3n) is 2.82. The summed E-state index contributed by atoms with van der Waals surface area (Å²) < 4.78 is 12.2. The third kappa shape index (κ3) is 2.25. The lowest BCUT2D eigenvalue weighted by Gasteiger charge is -2.21. The van der Waals surface area contributed by atoms with Crippen LogP contribution in [0.5, 0.6) is 0 Å². The fourth-order valence-corrected chi connectivity index (χ4v) is 2.54. The van der Waals surface area contributed by atoms with Crippen LogP contribution in [0.3, 0.4) is 0 Å². The molecule has 15 heavy (non-hydrogen) atoms. The summed E-state index contributed by atoms with van der Waals surface area (Å²) in [5.41, 5.74) is 3.08. The van der Waals surface area contributed by atoms with E-state index < -0.39 is 3.79 Å². The number of hydrogen-bond acceptors (Lipinski definition) is 0. The van der Waals surface area contributed by atoms with Crippen molar-refractivity contribution in [1.29, 1.82) is 0 Å². The average Bonchev–Trinajstić information content (AvgIpc) is 2.09. The zero-order chi connectivity index (χ0) is 12.0. The first-order valence-electron chi connectivity index (χ1n) is 4.51. The lowest BCUT2D eigenvalue weighted by atomic mass is 9.94. The molecule has 0 atom stereocenters. The third-order valence-corrected chi connectivity index (χ3v) is 3.38. The normalized spacial score (nSPS) is 12.0. The molecule has 0 N–H and O–H groups in total. The molecule has 0 nitrogen and oxygen atoms in total. The van der Waals surface area contributed by atoms with Gasteiger partial charge in [0.25, 0.3) is 0 Å². The molecule has 4 heteroatoms. The van der Waals surface area contributed by atoms with Crippen molar-refractivity contribution in [3.63, 3.8) is 0 Å². The summed E-state index contributed by atoms with van der Waals surface area (Å²) in [6.07, 6.45) is 0. The van der Waals surface area contributed by atoms with Gasteiger partial charge in [-0.2, -0.15) is 0 Å². The van der Waals surface area contributed by atoms with Gasteiger partial charge in [-0.15, -0.1) is 0 Å². The molecule has 0 heterocycles. The summed E-state index contributed by atoms with van der Waals surface area (Å²) in [5.74, 6) is -0.219. The number of halogens is 4. The highest BCUT2D eigenvalue weighted by Gasteiger charge is 2.29. The highest BCUT2D eigenvalue weighted by molar-refractivity contribution is 6.66. The first kappa shape index (κ1) is 13.1. The smallest absolute Gasteiger partial charge is 0.206 e. The van der Waals surface area contributed by atoms with Crippen molar-refractivity contribution in [1.82, 2.24) is 0 Å². The minimum absolute atomic E-state index is 0.219. The Kier molecular flexibility index (Phi) is 3.59. The molecule has 0 saturated carbocycles.